The van der Waals surface area contributed by atoms with Gasteiger partial charge in [0.25, 0.3) is 0 Å². The topological polar surface area (TPSA) is 6.48 Å². The summed E-state index contributed by atoms with van der Waals surface area (Å²) in [4.78, 5) is 5.23. The van der Waals surface area contributed by atoms with E-state index in [0.717, 1.165) is 32.7 Å². The van der Waals surface area contributed by atoms with Crippen LogP contribution in [0.2, 0.25) is 0 Å². The Morgan fingerprint density at radius 2 is 1.17 bits per heavy atom. The Bertz CT molecular complexity index is 586. The molecule has 0 heterocycles. The third-order valence-corrected chi connectivity index (χ3v) is 7.85. The van der Waals surface area contributed by atoms with Crippen molar-refractivity contribution in [3.63, 3.8) is 0 Å². The van der Waals surface area contributed by atoms with Crippen molar-refractivity contribution in [1.82, 2.24) is 9.80 Å². The van der Waals surface area contributed by atoms with Crippen LogP contribution in [0, 0.1) is 0 Å². The fraction of sp³-hybridized carbons (Fsp3) is 0.478. The number of likely N-dealkylation sites (N-methyl/N-ethyl adjacent to an activating group) is 2. The molecule has 2 aromatic rings. The molecule has 2 rings (SSSR count). The summed E-state index contributed by atoms with van der Waals surface area (Å²) in [6.07, 6.45) is 1.22. The van der Waals surface area contributed by atoms with Crippen LogP contribution in [0.3, 0.4) is 0 Å². The molecular formula is C23H35Cl2N2PZn. The minimum atomic E-state index is -0.931. The maximum absolute atomic E-state index is 4.95. The van der Waals surface area contributed by atoms with Gasteiger partial charge < -0.3 is 4.90 Å². The molecule has 0 N–H and O–H groups in total. The van der Waals surface area contributed by atoms with E-state index in [1.165, 1.54) is 16.8 Å². The molecule has 0 amide bonds. The molecule has 2 nitrogen and oxygen atoms in total. The van der Waals surface area contributed by atoms with E-state index in [4.69, 9.17) is 19.4 Å². The molecule has 0 bridgehead atoms. The molecule has 0 saturated heterocycles. The maximum atomic E-state index is 4.95. The van der Waals surface area contributed by atoms with E-state index >= 15 is 0 Å². The van der Waals surface area contributed by atoms with Crippen molar-refractivity contribution < 1.29 is 15.1 Å². The van der Waals surface area contributed by atoms with E-state index in [0.29, 0.717) is 6.04 Å². The molecule has 0 saturated carbocycles. The van der Waals surface area contributed by atoms with Crippen LogP contribution in [0.25, 0.3) is 0 Å². The molecule has 0 radical (unpaired) electrons. The molecule has 0 fully saturated rings. The zero-order chi connectivity index (χ0) is 21.5. The van der Waals surface area contributed by atoms with Gasteiger partial charge in [-0.25, -0.2) is 0 Å². The van der Waals surface area contributed by atoms with E-state index < -0.39 is 15.1 Å². The van der Waals surface area contributed by atoms with E-state index in [2.05, 4.69) is 98.2 Å². The summed E-state index contributed by atoms with van der Waals surface area (Å²) >= 11 is -0.931. The van der Waals surface area contributed by atoms with Crippen molar-refractivity contribution in [3.8, 4) is 0 Å². The summed E-state index contributed by atoms with van der Waals surface area (Å²) in [7, 11) is 9.56. The minimum absolute atomic E-state index is 0.343. The Morgan fingerprint density at radius 3 is 1.52 bits per heavy atom. The molecule has 0 aliphatic heterocycles. The second-order valence-electron chi connectivity index (χ2n) is 6.74. The van der Waals surface area contributed by atoms with E-state index in [1.807, 2.05) is 0 Å². The summed E-state index contributed by atoms with van der Waals surface area (Å²) in [6.45, 7) is 14.8. The van der Waals surface area contributed by atoms with Crippen molar-refractivity contribution in [3.05, 3.63) is 60.7 Å². The number of hydrogen-bond donors (Lipinski definition) is 0. The van der Waals surface area contributed by atoms with Gasteiger partial charge in [-0.3, -0.25) is 4.90 Å². The standard InChI is InChI=1S/C23H35N2P.2ClH.Zn/c1-5-24(6-2)19-21(25(7-3)8-4)20-26(22-15-11-9-12-16-22)23-17-13-10-14-18-23;;;/h9-18,21H,5-8,19-20H2,1-4H3;2*1H;/q;;;+2/p-2. The summed E-state index contributed by atoms with van der Waals surface area (Å²) in [6, 6.07) is 22.8. The molecule has 0 aliphatic rings. The first kappa shape index (κ1) is 27.0. The molecule has 0 aromatic heterocycles. The number of hydrogen-bond acceptors (Lipinski definition) is 2. The van der Waals surface area contributed by atoms with Gasteiger partial charge in [-0.15, -0.1) is 0 Å². The van der Waals surface area contributed by atoms with Crippen molar-refractivity contribution in [2.45, 2.75) is 33.7 Å². The van der Waals surface area contributed by atoms with Crippen molar-refractivity contribution in [2.75, 3.05) is 38.9 Å². The van der Waals surface area contributed by atoms with Gasteiger partial charge in [0.05, 0.1) is 0 Å². The average molecular weight is 507 g/mol. The molecule has 2 aromatic carbocycles. The Morgan fingerprint density at radius 1 is 0.759 bits per heavy atom. The van der Waals surface area contributed by atoms with Crippen molar-refractivity contribution in [2.24, 2.45) is 0 Å². The third-order valence-electron chi connectivity index (χ3n) is 5.22. The second kappa shape index (κ2) is 16.7. The van der Waals surface area contributed by atoms with Gasteiger partial charge in [-0.05, 0) is 50.9 Å². The second-order valence-corrected chi connectivity index (χ2v) is 13.6. The Hall–Kier alpha value is -0.00662. The van der Waals surface area contributed by atoms with Gasteiger partial charge in [-0.1, -0.05) is 88.4 Å². The van der Waals surface area contributed by atoms with Gasteiger partial charge in [0.15, 0.2) is 0 Å². The summed E-state index contributed by atoms with van der Waals surface area (Å²) < 4.78 is 0. The summed E-state index contributed by atoms with van der Waals surface area (Å²) in [5, 5.41) is 2.98. The van der Waals surface area contributed by atoms with Crippen LogP contribution >= 0.6 is 27.3 Å². The van der Waals surface area contributed by atoms with E-state index in [1.54, 1.807) is 0 Å². The Balaban J connectivity index is 0.00000132. The number of benzene rings is 2. The molecule has 1 unspecified atom stereocenters. The SMILES string of the molecule is CCN(CC)CC(CP(c1ccccc1)c1ccccc1)N(CC)CC.[Cl][Zn][Cl]. The van der Waals surface area contributed by atoms with Gasteiger partial charge in [0.2, 0.25) is 0 Å². The first-order chi connectivity index (χ1) is 14.1. The monoisotopic (exact) mass is 504 g/mol. The molecular weight excluding hydrogens is 472 g/mol. The van der Waals surface area contributed by atoms with Crippen LogP contribution in [-0.4, -0.2) is 54.7 Å². The fourth-order valence-electron chi connectivity index (χ4n) is 3.60. The predicted molar refractivity (Wildman–Crippen MR) is 130 cm³/mol. The van der Waals surface area contributed by atoms with Gasteiger partial charge in [0, 0.05) is 12.6 Å². The van der Waals surface area contributed by atoms with Gasteiger partial charge in [-0.2, -0.15) is 0 Å². The van der Waals surface area contributed by atoms with Gasteiger partial charge in [0.1, 0.15) is 0 Å². The molecule has 29 heavy (non-hydrogen) atoms. The first-order valence-corrected chi connectivity index (χ1v) is 19.9. The quantitative estimate of drug-likeness (QED) is 0.291. The molecule has 6 heteroatoms. The zero-order valence-electron chi connectivity index (χ0n) is 18.4. The molecule has 1 atom stereocenters. The normalized spacial score (nSPS) is 11.9. The van der Waals surface area contributed by atoms with Crippen LogP contribution in [0.1, 0.15) is 27.7 Å². The first-order valence-electron chi connectivity index (χ1n) is 10.6. The molecule has 0 aliphatic carbocycles. The predicted octanol–water partition coefficient (Wildman–Crippen LogP) is 5.55. The van der Waals surface area contributed by atoms with Gasteiger partial charge >= 0.3 is 34.5 Å². The number of nitrogens with zero attached hydrogens (tertiary/aromatic N) is 2. The van der Waals surface area contributed by atoms with Crippen LogP contribution in [0.5, 0.6) is 0 Å². The molecule has 158 valence electrons. The Kier molecular flexibility index (Phi) is 15.5. The average Bonchev–Trinajstić information content (AvgIpc) is 2.77. The van der Waals surface area contributed by atoms with Crippen LogP contribution in [0.15, 0.2) is 60.7 Å². The molecule has 0 spiro atoms. The fourth-order valence-corrected chi connectivity index (χ4v) is 6.15. The Labute approximate surface area is 195 Å². The summed E-state index contributed by atoms with van der Waals surface area (Å²) in [5.41, 5.74) is 0. The van der Waals surface area contributed by atoms with Crippen LogP contribution in [0.4, 0.5) is 0 Å². The van der Waals surface area contributed by atoms with Crippen LogP contribution in [-0.2, 0) is 15.1 Å². The third kappa shape index (κ3) is 9.77. The van der Waals surface area contributed by atoms with E-state index in [9.17, 15) is 0 Å². The van der Waals surface area contributed by atoms with Crippen molar-refractivity contribution >= 4 is 37.9 Å². The van der Waals surface area contributed by atoms with E-state index in [-0.39, 0.29) is 7.92 Å². The summed E-state index contributed by atoms with van der Waals surface area (Å²) in [5.74, 6) is 0. The van der Waals surface area contributed by atoms with Crippen molar-refractivity contribution in [1.29, 1.82) is 0 Å². The number of rotatable bonds is 11. The van der Waals surface area contributed by atoms with Crippen LogP contribution < -0.4 is 10.6 Å². The number of halogens is 2. The zero-order valence-corrected chi connectivity index (χ0v) is 23.8.